The largest absolute Gasteiger partial charge is 0.372 e. The van der Waals surface area contributed by atoms with Gasteiger partial charge in [0.2, 0.25) is 0 Å². The molecule has 2 heterocycles. The van der Waals surface area contributed by atoms with Crippen molar-refractivity contribution >= 4 is 5.69 Å². The van der Waals surface area contributed by atoms with E-state index in [1.807, 2.05) is 12.4 Å². The van der Waals surface area contributed by atoms with Crippen LogP contribution >= 0.6 is 0 Å². The van der Waals surface area contributed by atoms with Crippen molar-refractivity contribution in [2.45, 2.75) is 45.7 Å². The lowest BCUT2D eigenvalue weighted by molar-refractivity contribution is 0.346. The predicted octanol–water partition coefficient (Wildman–Crippen LogP) is 2.50. The van der Waals surface area contributed by atoms with Crippen LogP contribution in [0.1, 0.15) is 39.2 Å². The summed E-state index contributed by atoms with van der Waals surface area (Å²) >= 11 is 0. The quantitative estimate of drug-likeness (QED) is 0.872. The van der Waals surface area contributed by atoms with E-state index < -0.39 is 0 Å². The molecular weight excluding hydrogens is 260 g/mol. The van der Waals surface area contributed by atoms with Gasteiger partial charge in [-0.15, -0.1) is 0 Å². The molecule has 0 saturated carbocycles. The van der Waals surface area contributed by atoms with Gasteiger partial charge in [-0.05, 0) is 58.3 Å². The van der Waals surface area contributed by atoms with Crippen LogP contribution in [0.25, 0.3) is 0 Å². The monoisotopic (exact) mass is 290 g/mol. The number of hydrogen-bond acceptors (Lipinski definition) is 4. The lowest BCUT2D eigenvalue weighted by Gasteiger charge is -2.26. The third kappa shape index (κ3) is 5.29. The summed E-state index contributed by atoms with van der Waals surface area (Å²) in [6, 6.07) is 2.13. The number of anilines is 1. The third-order valence-corrected chi connectivity index (χ3v) is 4.06. The summed E-state index contributed by atoms with van der Waals surface area (Å²) in [4.78, 5) is 9.20. The van der Waals surface area contributed by atoms with Gasteiger partial charge in [0.1, 0.15) is 0 Å². The molecule has 0 atom stereocenters. The first kappa shape index (κ1) is 16.2. The Labute approximate surface area is 129 Å². The van der Waals surface area contributed by atoms with Crippen LogP contribution in [0.2, 0.25) is 0 Å². The van der Waals surface area contributed by atoms with E-state index in [2.05, 4.69) is 54.0 Å². The fraction of sp³-hybridized carbons (Fsp3) is 0.706. The smallest absolute Gasteiger partial charge is 0.0596 e. The molecule has 0 radical (unpaired) electrons. The summed E-state index contributed by atoms with van der Waals surface area (Å²) in [7, 11) is 2.17. The Morgan fingerprint density at radius 2 is 2.00 bits per heavy atom. The van der Waals surface area contributed by atoms with E-state index in [9.17, 15) is 0 Å². The molecule has 4 heteroatoms. The molecule has 0 aliphatic carbocycles. The van der Waals surface area contributed by atoms with Crippen molar-refractivity contribution in [1.29, 1.82) is 0 Å². The highest BCUT2D eigenvalue weighted by molar-refractivity contribution is 5.51. The van der Waals surface area contributed by atoms with Crippen molar-refractivity contribution in [2.75, 3.05) is 38.1 Å². The van der Waals surface area contributed by atoms with Gasteiger partial charge in [0.05, 0.1) is 11.9 Å². The Hall–Kier alpha value is -1.13. The summed E-state index contributed by atoms with van der Waals surface area (Å²) in [5.41, 5.74) is 2.70. The SMILES string of the molecule is CN(CCN1CCCC1)c1cnccc1CNC(C)(C)C. The van der Waals surface area contributed by atoms with E-state index in [1.54, 1.807) is 0 Å². The molecule has 4 nitrogen and oxygen atoms in total. The Bertz CT molecular complexity index is 433. The van der Waals surface area contributed by atoms with E-state index in [1.165, 1.54) is 37.2 Å². The summed E-state index contributed by atoms with van der Waals surface area (Å²) in [6.07, 6.45) is 6.59. The average Bonchev–Trinajstić information content (AvgIpc) is 2.95. The predicted molar refractivity (Wildman–Crippen MR) is 89.8 cm³/mol. The molecule has 1 aliphatic rings. The van der Waals surface area contributed by atoms with Gasteiger partial charge in [-0.3, -0.25) is 4.98 Å². The standard InChI is InChI=1S/C17H30N4/c1-17(2,3)19-13-15-7-8-18-14-16(15)20(4)11-12-21-9-5-6-10-21/h7-8,14,19H,5-6,9-13H2,1-4H3. The van der Waals surface area contributed by atoms with Gasteiger partial charge in [-0.1, -0.05) is 0 Å². The number of nitrogens with zero attached hydrogens (tertiary/aromatic N) is 3. The molecule has 0 spiro atoms. The lowest BCUT2D eigenvalue weighted by Crippen LogP contribution is -2.36. The van der Waals surface area contributed by atoms with Crippen molar-refractivity contribution in [1.82, 2.24) is 15.2 Å². The molecule has 1 fully saturated rings. The zero-order valence-electron chi connectivity index (χ0n) is 14.0. The fourth-order valence-electron chi connectivity index (χ4n) is 2.69. The molecule has 2 rings (SSSR count). The maximum Gasteiger partial charge on any atom is 0.0596 e. The number of pyridine rings is 1. The molecule has 21 heavy (non-hydrogen) atoms. The molecule has 118 valence electrons. The highest BCUT2D eigenvalue weighted by Crippen LogP contribution is 2.19. The van der Waals surface area contributed by atoms with E-state index >= 15 is 0 Å². The zero-order chi connectivity index (χ0) is 15.3. The number of likely N-dealkylation sites (tertiary alicyclic amines) is 1. The Kier molecular flexibility index (Phi) is 5.59. The van der Waals surface area contributed by atoms with Crippen molar-refractivity contribution < 1.29 is 0 Å². The van der Waals surface area contributed by atoms with Crippen molar-refractivity contribution in [3.05, 3.63) is 24.0 Å². The van der Waals surface area contributed by atoms with Crippen LogP contribution < -0.4 is 10.2 Å². The van der Waals surface area contributed by atoms with Crippen molar-refractivity contribution in [2.24, 2.45) is 0 Å². The normalized spacial score (nSPS) is 16.4. The van der Waals surface area contributed by atoms with Gasteiger partial charge in [-0.2, -0.15) is 0 Å². The molecule has 1 aliphatic heterocycles. The number of likely N-dealkylation sites (N-methyl/N-ethyl adjacent to an activating group) is 1. The fourth-order valence-corrected chi connectivity index (χ4v) is 2.69. The van der Waals surface area contributed by atoms with Crippen LogP contribution in [0, 0.1) is 0 Å². The minimum Gasteiger partial charge on any atom is -0.372 e. The Morgan fingerprint density at radius 1 is 1.29 bits per heavy atom. The first-order valence-corrected chi connectivity index (χ1v) is 8.07. The second-order valence-electron chi connectivity index (χ2n) is 7.08. The first-order chi connectivity index (χ1) is 9.96. The van der Waals surface area contributed by atoms with Gasteiger partial charge in [0.25, 0.3) is 0 Å². The molecule has 1 N–H and O–H groups in total. The topological polar surface area (TPSA) is 31.4 Å². The molecule has 1 aromatic rings. The van der Waals surface area contributed by atoms with Crippen molar-refractivity contribution in [3.63, 3.8) is 0 Å². The van der Waals surface area contributed by atoms with Crippen LogP contribution in [0.5, 0.6) is 0 Å². The maximum atomic E-state index is 4.31. The van der Waals surface area contributed by atoms with E-state index in [-0.39, 0.29) is 5.54 Å². The first-order valence-electron chi connectivity index (χ1n) is 8.07. The molecule has 0 bridgehead atoms. The van der Waals surface area contributed by atoms with Crippen LogP contribution in [0.15, 0.2) is 18.5 Å². The summed E-state index contributed by atoms with van der Waals surface area (Å²) in [6.45, 7) is 12.2. The van der Waals surface area contributed by atoms with E-state index in [0.717, 1.165) is 19.6 Å². The zero-order valence-corrected chi connectivity index (χ0v) is 14.0. The Morgan fingerprint density at radius 3 is 2.67 bits per heavy atom. The number of rotatable bonds is 6. The number of hydrogen-bond donors (Lipinski definition) is 1. The van der Waals surface area contributed by atoms with Gasteiger partial charge >= 0.3 is 0 Å². The Balaban J connectivity index is 1.94. The van der Waals surface area contributed by atoms with Crippen LogP contribution in [-0.2, 0) is 6.54 Å². The van der Waals surface area contributed by atoms with E-state index in [0.29, 0.717) is 0 Å². The van der Waals surface area contributed by atoms with Gasteiger partial charge in [0, 0.05) is 38.4 Å². The molecule has 1 saturated heterocycles. The molecular formula is C17H30N4. The minimum absolute atomic E-state index is 0.134. The van der Waals surface area contributed by atoms with Crippen molar-refractivity contribution in [3.8, 4) is 0 Å². The number of aromatic nitrogens is 1. The highest BCUT2D eigenvalue weighted by atomic mass is 15.2. The lowest BCUT2D eigenvalue weighted by atomic mass is 10.1. The summed E-state index contributed by atoms with van der Waals surface area (Å²) in [5, 5.41) is 3.57. The summed E-state index contributed by atoms with van der Waals surface area (Å²) in [5.74, 6) is 0. The van der Waals surface area contributed by atoms with Crippen LogP contribution in [0.4, 0.5) is 5.69 Å². The van der Waals surface area contributed by atoms with Gasteiger partial charge < -0.3 is 15.1 Å². The van der Waals surface area contributed by atoms with Crippen LogP contribution in [0.3, 0.4) is 0 Å². The van der Waals surface area contributed by atoms with Gasteiger partial charge in [-0.25, -0.2) is 0 Å². The molecule has 0 unspecified atom stereocenters. The maximum absolute atomic E-state index is 4.31. The number of nitrogens with one attached hydrogen (secondary N) is 1. The third-order valence-electron chi connectivity index (χ3n) is 4.06. The van der Waals surface area contributed by atoms with E-state index in [4.69, 9.17) is 0 Å². The average molecular weight is 290 g/mol. The van der Waals surface area contributed by atoms with Gasteiger partial charge in [0.15, 0.2) is 0 Å². The minimum atomic E-state index is 0.134. The molecule has 0 amide bonds. The molecule has 1 aromatic heterocycles. The van der Waals surface area contributed by atoms with Crippen LogP contribution in [-0.4, -0.2) is 48.6 Å². The second kappa shape index (κ2) is 7.23. The highest BCUT2D eigenvalue weighted by Gasteiger charge is 2.15. The second-order valence-corrected chi connectivity index (χ2v) is 7.08. The molecule has 0 aromatic carbocycles. The summed E-state index contributed by atoms with van der Waals surface area (Å²) < 4.78 is 0.